The maximum absolute atomic E-state index is 14.9. The van der Waals surface area contributed by atoms with Crippen LogP contribution in [0, 0.1) is 11.6 Å². The molecule has 2 N–H and O–H groups in total. The molecule has 0 saturated carbocycles. The minimum absolute atomic E-state index is 0.288. The fraction of sp³-hybridized carbons (Fsp3) is 0.211. The van der Waals surface area contributed by atoms with Crippen LogP contribution in [0.15, 0.2) is 54.9 Å². The number of nitrogens with one attached hydrogen (secondary N) is 2. The van der Waals surface area contributed by atoms with E-state index in [1.54, 1.807) is 36.7 Å². The third kappa shape index (κ3) is 4.03. The van der Waals surface area contributed by atoms with Crippen LogP contribution >= 0.6 is 0 Å². The summed E-state index contributed by atoms with van der Waals surface area (Å²) in [6.45, 7) is 2.39. The van der Waals surface area contributed by atoms with E-state index in [2.05, 4.69) is 15.3 Å². The summed E-state index contributed by atoms with van der Waals surface area (Å²) in [7, 11) is 0. The molecule has 3 aromatic rings. The molecule has 0 bridgehead atoms. The molecule has 1 atom stereocenters. The van der Waals surface area contributed by atoms with Gasteiger partial charge >= 0.3 is 0 Å². The number of benzene rings is 2. The number of hydrogen-bond acceptors (Lipinski definition) is 3. The van der Waals surface area contributed by atoms with E-state index in [1.165, 1.54) is 12.1 Å². The van der Waals surface area contributed by atoms with Crippen molar-refractivity contribution in [2.75, 3.05) is 0 Å². The molecule has 3 rings (SSSR count). The normalized spacial score (nSPS) is 12.1. The molecule has 1 unspecified atom stereocenters. The van der Waals surface area contributed by atoms with E-state index in [0.717, 1.165) is 5.82 Å². The number of aromatic nitrogens is 2. The molecule has 0 aliphatic rings. The Morgan fingerprint density at radius 3 is 2.64 bits per heavy atom. The van der Waals surface area contributed by atoms with Crippen molar-refractivity contribution < 1.29 is 13.5 Å². The van der Waals surface area contributed by atoms with E-state index < -0.39 is 11.6 Å². The summed E-state index contributed by atoms with van der Waals surface area (Å²) in [5.74, 6) is -0.675. The molecule has 0 amide bonds. The van der Waals surface area contributed by atoms with Crippen LogP contribution in [0.4, 0.5) is 8.78 Å². The van der Waals surface area contributed by atoms with Gasteiger partial charge in [0, 0.05) is 24.0 Å². The highest BCUT2D eigenvalue weighted by molar-refractivity contribution is 5.38. The molecule has 1 heterocycles. The van der Waals surface area contributed by atoms with Crippen molar-refractivity contribution in [2.45, 2.75) is 25.9 Å². The SMILES string of the molecule is CCC(NCc1ncc[nH]1)c1ccc(F)c(Oc2ccccc2)c1F. The minimum Gasteiger partial charge on any atom is -0.451 e. The first kappa shape index (κ1) is 17.1. The van der Waals surface area contributed by atoms with Gasteiger partial charge in [0.1, 0.15) is 11.6 Å². The molecule has 0 aliphatic heterocycles. The Morgan fingerprint density at radius 2 is 1.96 bits per heavy atom. The Labute approximate surface area is 144 Å². The van der Waals surface area contributed by atoms with Crippen LogP contribution in [-0.2, 0) is 6.54 Å². The van der Waals surface area contributed by atoms with Crippen LogP contribution in [0.2, 0.25) is 0 Å². The van der Waals surface area contributed by atoms with Crippen LogP contribution in [0.25, 0.3) is 0 Å². The van der Waals surface area contributed by atoms with E-state index >= 15 is 0 Å². The third-order valence-corrected chi connectivity index (χ3v) is 3.90. The fourth-order valence-electron chi connectivity index (χ4n) is 2.61. The van der Waals surface area contributed by atoms with Crippen molar-refractivity contribution in [1.82, 2.24) is 15.3 Å². The smallest absolute Gasteiger partial charge is 0.198 e. The van der Waals surface area contributed by atoms with Gasteiger partial charge in [0.25, 0.3) is 0 Å². The summed E-state index contributed by atoms with van der Waals surface area (Å²) in [6, 6.07) is 11.0. The minimum atomic E-state index is -0.731. The lowest BCUT2D eigenvalue weighted by molar-refractivity contribution is 0.394. The summed E-state index contributed by atoms with van der Waals surface area (Å²) in [4.78, 5) is 7.11. The first-order chi connectivity index (χ1) is 12.2. The molecule has 1 aromatic heterocycles. The van der Waals surface area contributed by atoms with Crippen LogP contribution in [-0.4, -0.2) is 9.97 Å². The Hall–Kier alpha value is -2.73. The zero-order valence-corrected chi connectivity index (χ0v) is 13.8. The summed E-state index contributed by atoms with van der Waals surface area (Å²) >= 11 is 0. The van der Waals surface area contributed by atoms with Crippen molar-refractivity contribution in [2.24, 2.45) is 0 Å². The van der Waals surface area contributed by atoms with Gasteiger partial charge in [0.05, 0.1) is 6.54 Å². The summed E-state index contributed by atoms with van der Waals surface area (Å²) in [6.07, 6.45) is 4.01. The van der Waals surface area contributed by atoms with Gasteiger partial charge in [-0.1, -0.05) is 31.2 Å². The zero-order chi connectivity index (χ0) is 17.6. The number of para-hydroxylation sites is 1. The number of rotatable bonds is 7. The largest absolute Gasteiger partial charge is 0.451 e. The second kappa shape index (κ2) is 7.90. The van der Waals surface area contributed by atoms with Crippen molar-refractivity contribution in [3.05, 3.63) is 77.9 Å². The third-order valence-electron chi connectivity index (χ3n) is 3.90. The van der Waals surface area contributed by atoms with E-state index in [9.17, 15) is 8.78 Å². The molecule has 6 heteroatoms. The van der Waals surface area contributed by atoms with Gasteiger partial charge in [-0.3, -0.25) is 0 Å². The number of halogens is 2. The maximum atomic E-state index is 14.9. The summed E-state index contributed by atoms with van der Waals surface area (Å²) < 4.78 is 34.4. The van der Waals surface area contributed by atoms with E-state index in [-0.39, 0.29) is 11.8 Å². The van der Waals surface area contributed by atoms with Gasteiger partial charge < -0.3 is 15.0 Å². The zero-order valence-electron chi connectivity index (χ0n) is 13.8. The highest BCUT2D eigenvalue weighted by atomic mass is 19.1. The van der Waals surface area contributed by atoms with Crippen molar-refractivity contribution >= 4 is 0 Å². The average molecular weight is 343 g/mol. The Bertz CT molecular complexity index is 807. The number of H-pyrrole nitrogens is 1. The standard InChI is InChI=1S/C19H19F2N3O/c1-2-16(24-12-17-22-10-11-23-17)14-8-9-15(20)19(18(14)21)25-13-6-4-3-5-7-13/h3-11,16,24H,2,12H2,1H3,(H,22,23). The molecule has 0 fully saturated rings. The van der Waals surface area contributed by atoms with Crippen LogP contribution in [0.5, 0.6) is 11.5 Å². The van der Waals surface area contributed by atoms with Gasteiger partial charge in [-0.25, -0.2) is 13.8 Å². The quantitative estimate of drug-likeness (QED) is 0.652. The Balaban J connectivity index is 1.83. The molecule has 0 spiro atoms. The molecular formula is C19H19F2N3O. The lowest BCUT2D eigenvalue weighted by Crippen LogP contribution is -2.22. The molecule has 25 heavy (non-hydrogen) atoms. The van der Waals surface area contributed by atoms with Gasteiger partial charge in [-0.05, 0) is 24.6 Å². The molecule has 4 nitrogen and oxygen atoms in total. The lowest BCUT2D eigenvalue weighted by atomic mass is 10.0. The summed E-state index contributed by atoms with van der Waals surface area (Å²) in [5.41, 5.74) is 0.362. The fourth-order valence-corrected chi connectivity index (χ4v) is 2.61. The Kier molecular flexibility index (Phi) is 5.40. The number of aromatic amines is 1. The van der Waals surface area contributed by atoms with Gasteiger partial charge in [-0.15, -0.1) is 0 Å². The maximum Gasteiger partial charge on any atom is 0.198 e. The van der Waals surface area contributed by atoms with Crippen molar-refractivity contribution in [3.8, 4) is 11.5 Å². The first-order valence-corrected chi connectivity index (χ1v) is 8.11. The number of hydrogen-bond donors (Lipinski definition) is 2. The number of imidazole rings is 1. The van der Waals surface area contributed by atoms with E-state index in [1.807, 2.05) is 13.0 Å². The highest BCUT2D eigenvalue weighted by Gasteiger charge is 2.21. The van der Waals surface area contributed by atoms with Gasteiger partial charge in [0.2, 0.25) is 0 Å². The molecule has 2 aromatic carbocycles. The second-order valence-electron chi connectivity index (χ2n) is 5.57. The number of nitrogens with zero attached hydrogens (tertiary/aromatic N) is 1. The van der Waals surface area contributed by atoms with Crippen molar-refractivity contribution in [3.63, 3.8) is 0 Å². The lowest BCUT2D eigenvalue weighted by Gasteiger charge is -2.19. The molecule has 0 aliphatic carbocycles. The highest BCUT2D eigenvalue weighted by Crippen LogP contribution is 2.32. The van der Waals surface area contributed by atoms with Crippen LogP contribution in [0.1, 0.15) is 30.8 Å². The molecule has 0 radical (unpaired) electrons. The monoisotopic (exact) mass is 343 g/mol. The number of ether oxygens (including phenoxy) is 1. The first-order valence-electron chi connectivity index (χ1n) is 8.11. The Morgan fingerprint density at radius 1 is 1.16 bits per heavy atom. The van der Waals surface area contributed by atoms with Crippen molar-refractivity contribution in [1.29, 1.82) is 0 Å². The topological polar surface area (TPSA) is 49.9 Å². The van der Waals surface area contributed by atoms with Crippen LogP contribution in [0.3, 0.4) is 0 Å². The molecular weight excluding hydrogens is 324 g/mol. The van der Waals surface area contributed by atoms with Gasteiger partial charge in [0.15, 0.2) is 17.4 Å². The summed E-state index contributed by atoms with van der Waals surface area (Å²) in [5, 5.41) is 3.23. The predicted octanol–water partition coefficient (Wildman–Crippen LogP) is 4.72. The second-order valence-corrected chi connectivity index (χ2v) is 5.57. The molecule has 130 valence electrons. The van der Waals surface area contributed by atoms with Crippen LogP contribution < -0.4 is 10.1 Å². The van der Waals surface area contributed by atoms with Gasteiger partial charge in [-0.2, -0.15) is 0 Å². The van der Waals surface area contributed by atoms with E-state index in [4.69, 9.17) is 4.74 Å². The molecule has 0 saturated heterocycles. The predicted molar refractivity (Wildman–Crippen MR) is 91.3 cm³/mol. The van der Waals surface area contributed by atoms with E-state index in [0.29, 0.717) is 24.3 Å². The average Bonchev–Trinajstić information content (AvgIpc) is 3.15.